The molecular weight excluding hydrogens is 705 g/mol. The largest absolute Gasteiger partial charge is 0.467 e. The second-order valence-corrected chi connectivity index (χ2v) is 14.3. The minimum Gasteiger partial charge on any atom is -0.467 e. The van der Waals surface area contributed by atoms with E-state index in [1.54, 1.807) is 24.3 Å². The van der Waals surface area contributed by atoms with Crippen LogP contribution in [0.2, 0.25) is 10.0 Å². The van der Waals surface area contributed by atoms with Crippen LogP contribution in [0.15, 0.2) is 65.8 Å². The number of pyridine rings is 1. The van der Waals surface area contributed by atoms with Gasteiger partial charge in [0.05, 0.1) is 45.8 Å². The number of nitriles is 1. The van der Waals surface area contributed by atoms with Gasteiger partial charge in [0.15, 0.2) is 0 Å². The lowest BCUT2D eigenvalue weighted by Gasteiger charge is -2.25. The maximum Gasteiger partial charge on any atom is 0.328 e. The monoisotopic (exact) mass is 734 g/mol. The average Bonchev–Trinajstić information content (AvgIpc) is 3.69. The SMILES string of the molecule is COC(=O)[C@H](Cc1ccc(NC(=O)c2c(Cl)cncc2Cl)cc1)NC(=O)C1CC(N2CCC(F)(F)C2)CN1S(=O)(=O)c1cccc(C#N)c1. The number of methoxy groups -OCH3 is 1. The van der Waals surface area contributed by atoms with Crippen molar-refractivity contribution >= 4 is 56.7 Å². The summed E-state index contributed by atoms with van der Waals surface area (Å²) in [7, 11) is -3.25. The second kappa shape index (κ2) is 14.7. The number of amides is 2. The van der Waals surface area contributed by atoms with Crippen molar-refractivity contribution in [3.8, 4) is 6.07 Å². The predicted octanol–water partition coefficient (Wildman–Crippen LogP) is 3.89. The average molecular weight is 736 g/mol. The molecule has 12 nitrogen and oxygen atoms in total. The molecule has 49 heavy (non-hydrogen) atoms. The first-order valence-electron chi connectivity index (χ1n) is 14.9. The highest BCUT2D eigenvalue weighted by atomic mass is 35.5. The molecule has 2 saturated heterocycles. The van der Waals surface area contributed by atoms with Crippen molar-refractivity contribution < 1.29 is 36.3 Å². The van der Waals surface area contributed by atoms with Crippen molar-refractivity contribution in [1.29, 1.82) is 5.26 Å². The van der Waals surface area contributed by atoms with Gasteiger partial charge in [-0.25, -0.2) is 22.0 Å². The number of likely N-dealkylation sites (tertiary alicyclic amines) is 1. The number of nitrogens with zero attached hydrogens (tertiary/aromatic N) is 4. The quantitative estimate of drug-likeness (QED) is 0.295. The molecule has 2 aromatic carbocycles. The summed E-state index contributed by atoms with van der Waals surface area (Å²) >= 11 is 12.1. The Morgan fingerprint density at radius 1 is 1.14 bits per heavy atom. The first-order valence-corrected chi connectivity index (χ1v) is 17.1. The third-order valence-corrected chi connectivity index (χ3v) is 10.8. The molecule has 0 saturated carbocycles. The summed E-state index contributed by atoms with van der Waals surface area (Å²) < 4.78 is 61.8. The first-order chi connectivity index (χ1) is 23.2. The van der Waals surface area contributed by atoms with Gasteiger partial charge in [-0.15, -0.1) is 0 Å². The Labute approximate surface area is 291 Å². The van der Waals surface area contributed by atoms with Gasteiger partial charge in [0, 0.05) is 50.1 Å². The van der Waals surface area contributed by atoms with E-state index in [-0.39, 0.29) is 52.0 Å². The van der Waals surface area contributed by atoms with Crippen molar-refractivity contribution in [2.75, 3.05) is 32.1 Å². The van der Waals surface area contributed by atoms with Gasteiger partial charge in [-0.05, 0) is 42.3 Å². The summed E-state index contributed by atoms with van der Waals surface area (Å²) in [6.45, 7) is -0.805. The lowest BCUT2D eigenvalue weighted by Crippen LogP contribution is -2.51. The smallest absolute Gasteiger partial charge is 0.328 e. The molecule has 2 unspecified atom stereocenters. The molecule has 2 aliphatic rings. The zero-order valence-electron chi connectivity index (χ0n) is 25.9. The van der Waals surface area contributed by atoms with E-state index in [4.69, 9.17) is 27.9 Å². The number of sulfonamides is 1. The van der Waals surface area contributed by atoms with Crippen LogP contribution >= 0.6 is 23.2 Å². The van der Waals surface area contributed by atoms with Gasteiger partial charge >= 0.3 is 5.97 Å². The maximum atomic E-state index is 14.1. The van der Waals surface area contributed by atoms with Crippen LogP contribution < -0.4 is 10.6 Å². The summed E-state index contributed by atoms with van der Waals surface area (Å²) in [5, 5.41) is 14.7. The predicted molar refractivity (Wildman–Crippen MR) is 175 cm³/mol. The number of carbonyl (C=O) groups excluding carboxylic acids is 3. The molecular formula is C32H30Cl2F2N6O6S. The number of esters is 1. The summed E-state index contributed by atoms with van der Waals surface area (Å²) in [4.78, 5) is 44.4. The number of benzene rings is 2. The Kier molecular flexibility index (Phi) is 10.9. The van der Waals surface area contributed by atoms with Crippen molar-refractivity contribution in [3.05, 3.63) is 87.7 Å². The molecule has 0 spiro atoms. The Morgan fingerprint density at radius 3 is 2.45 bits per heavy atom. The number of hydrogen-bond donors (Lipinski definition) is 2. The first kappa shape index (κ1) is 36.1. The molecule has 2 fully saturated rings. The molecule has 2 N–H and O–H groups in total. The molecule has 0 aliphatic carbocycles. The molecule has 0 radical (unpaired) electrons. The lowest BCUT2D eigenvalue weighted by atomic mass is 10.0. The molecule has 2 amide bonds. The fourth-order valence-electron chi connectivity index (χ4n) is 5.87. The number of alkyl halides is 2. The van der Waals surface area contributed by atoms with Crippen LogP contribution in [-0.4, -0.2) is 91.2 Å². The summed E-state index contributed by atoms with van der Waals surface area (Å²) in [6.07, 6.45) is 2.00. The van der Waals surface area contributed by atoms with Crippen LogP contribution in [0.25, 0.3) is 0 Å². The van der Waals surface area contributed by atoms with Crippen molar-refractivity contribution in [1.82, 2.24) is 19.5 Å². The van der Waals surface area contributed by atoms with Gasteiger partial charge in [0.2, 0.25) is 15.9 Å². The third-order valence-electron chi connectivity index (χ3n) is 8.36. The van der Waals surface area contributed by atoms with E-state index < -0.39 is 64.8 Å². The highest BCUT2D eigenvalue weighted by molar-refractivity contribution is 7.89. The minimum absolute atomic E-state index is 0.0215. The number of carbonyl (C=O) groups is 3. The van der Waals surface area contributed by atoms with Crippen molar-refractivity contribution in [3.63, 3.8) is 0 Å². The number of anilines is 1. The molecule has 0 bridgehead atoms. The van der Waals surface area contributed by atoms with E-state index in [0.29, 0.717) is 11.3 Å². The van der Waals surface area contributed by atoms with Gasteiger partial charge in [-0.2, -0.15) is 9.57 Å². The van der Waals surface area contributed by atoms with Crippen molar-refractivity contribution in [2.24, 2.45) is 0 Å². The second-order valence-electron chi connectivity index (χ2n) is 11.6. The van der Waals surface area contributed by atoms with Crippen LogP contribution in [0.1, 0.15) is 34.3 Å². The Balaban J connectivity index is 1.34. The topological polar surface area (TPSA) is 162 Å². The fourth-order valence-corrected chi connectivity index (χ4v) is 8.09. The normalized spacial score (nSPS) is 19.9. The fraction of sp³-hybridized carbons (Fsp3) is 0.344. The maximum absolute atomic E-state index is 14.1. The van der Waals surface area contributed by atoms with Gasteiger partial charge in [-0.1, -0.05) is 41.4 Å². The number of halogens is 4. The molecule has 258 valence electrons. The number of nitrogens with one attached hydrogen (secondary N) is 2. The molecule has 17 heteroatoms. The van der Waals surface area contributed by atoms with E-state index >= 15 is 0 Å². The van der Waals surface area contributed by atoms with Crippen LogP contribution in [0, 0.1) is 11.3 Å². The van der Waals surface area contributed by atoms with Crippen molar-refractivity contribution in [2.45, 2.75) is 48.2 Å². The zero-order valence-corrected chi connectivity index (χ0v) is 28.2. The number of hydrogen-bond acceptors (Lipinski definition) is 9. The minimum atomic E-state index is -4.38. The Bertz CT molecular complexity index is 1890. The summed E-state index contributed by atoms with van der Waals surface area (Å²) in [6, 6.07) is 10.2. The van der Waals surface area contributed by atoms with Gasteiger partial charge in [0.25, 0.3) is 11.8 Å². The van der Waals surface area contributed by atoms with Crippen LogP contribution in [0.3, 0.4) is 0 Å². The van der Waals surface area contributed by atoms with Crippen LogP contribution in [0.4, 0.5) is 14.5 Å². The number of aromatic nitrogens is 1. The zero-order chi connectivity index (χ0) is 35.5. The van der Waals surface area contributed by atoms with E-state index in [1.165, 1.54) is 41.6 Å². The van der Waals surface area contributed by atoms with Gasteiger partial charge in [-0.3, -0.25) is 19.5 Å². The van der Waals surface area contributed by atoms with E-state index in [1.807, 2.05) is 6.07 Å². The molecule has 5 rings (SSSR count). The van der Waals surface area contributed by atoms with Gasteiger partial charge in [0.1, 0.15) is 12.1 Å². The number of rotatable bonds is 10. The highest BCUT2D eigenvalue weighted by Gasteiger charge is 2.50. The molecule has 3 atom stereocenters. The van der Waals surface area contributed by atoms with E-state index in [0.717, 1.165) is 11.4 Å². The Morgan fingerprint density at radius 2 is 1.84 bits per heavy atom. The third kappa shape index (κ3) is 8.17. The van der Waals surface area contributed by atoms with E-state index in [2.05, 4.69) is 15.6 Å². The lowest BCUT2D eigenvalue weighted by molar-refractivity contribution is -0.145. The number of ether oxygens (including phenoxy) is 1. The molecule has 2 aliphatic heterocycles. The summed E-state index contributed by atoms with van der Waals surface area (Å²) in [5.74, 6) is -5.15. The molecule has 1 aromatic heterocycles. The molecule has 3 aromatic rings. The standard InChI is InChI=1S/C32H30Cl2F2N6O6S/c1-48-31(45)26(12-19-5-7-21(8-6-19)39-30(44)28-24(33)15-38-16-25(28)34)40-29(43)27-13-22(41-10-9-32(35,36)18-41)17-42(27)49(46,47)23-4-2-3-20(11-23)14-37/h2-8,11,15-16,22,26-27H,9-10,12-13,17-18H2,1H3,(H,39,44)(H,40,43)/t22?,26-,27?/m0/s1. The van der Waals surface area contributed by atoms with Gasteiger partial charge < -0.3 is 15.4 Å². The van der Waals surface area contributed by atoms with Crippen LogP contribution in [0.5, 0.6) is 0 Å². The van der Waals surface area contributed by atoms with Crippen LogP contribution in [-0.2, 0) is 30.8 Å². The Hall–Kier alpha value is -4.20. The highest BCUT2D eigenvalue weighted by Crippen LogP contribution is 2.35. The van der Waals surface area contributed by atoms with E-state index in [9.17, 15) is 36.8 Å². The summed E-state index contributed by atoms with van der Waals surface area (Å²) in [5.41, 5.74) is 1.05. The molecule has 3 heterocycles.